The van der Waals surface area contributed by atoms with Gasteiger partial charge in [-0.2, -0.15) is 0 Å². The van der Waals surface area contributed by atoms with Crippen molar-refractivity contribution in [1.82, 2.24) is 0 Å². The summed E-state index contributed by atoms with van der Waals surface area (Å²) in [5.74, 6) is 0.264. The highest BCUT2D eigenvalue weighted by atomic mass is 35.5. The van der Waals surface area contributed by atoms with Gasteiger partial charge in [0.2, 0.25) is 5.91 Å². The third kappa shape index (κ3) is 6.58. The van der Waals surface area contributed by atoms with Crippen molar-refractivity contribution in [3.63, 3.8) is 0 Å². The van der Waals surface area contributed by atoms with Gasteiger partial charge < -0.3 is 15.4 Å². The van der Waals surface area contributed by atoms with E-state index in [1.54, 1.807) is 42.5 Å². The zero-order chi connectivity index (χ0) is 19.1. The lowest BCUT2D eigenvalue weighted by atomic mass is 10.1. The largest absolute Gasteiger partial charge is 0.482 e. The van der Waals surface area contributed by atoms with Crippen LogP contribution in [0.5, 0.6) is 5.75 Å². The minimum absolute atomic E-state index is 0.0383. The fourth-order valence-electron chi connectivity index (χ4n) is 2.15. The third-order valence-corrected chi connectivity index (χ3v) is 3.85. The molecule has 0 aliphatic rings. The Hall–Kier alpha value is -2.24. The molecule has 0 spiro atoms. The Bertz CT molecular complexity index is 777. The Labute approximate surface area is 162 Å². The number of hydrogen-bond acceptors (Lipinski definition) is 3. The number of carbonyl (C=O) groups is 2. The summed E-state index contributed by atoms with van der Waals surface area (Å²) in [7, 11) is 0. The molecular weight excluding hydrogens is 375 g/mol. The van der Waals surface area contributed by atoms with Gasteiger partial charge in [0.05, 0.1) is 5.02 Å². The number of anilines is 2. The fraction of sp³-hybridized carbons (Fsp3) is 0.263. The lowest BCUT2D eigenvalue weighted by Crippen LogP contribution is -2.20. The second-order valence-electron chi connectivity index (χ2n) is 6.14. The second kappa shape index (κ2) is 9.46. The topological polar surface area (TPSA) is 67.4 Å². The highest BCUT2D eigenvalue weighted by Crippen LogP contribution is 2.27. The monoisotopic (exact) mass is 394 g/mol. The van der Waals surface area contributed by atoms with Gasteiger partial charge in [-0.05, 0) is 42.3 Å². The molecule has 0 radical (unpaired) electrons. The van der Waals surface area contributed by atoms with E-state index in [0.717, 1.165) is 0 Å². The van der Waals surface area contributed by atoms with Gasteiger partial charge in [-0.1, -0.05) is 37.0 Å². The predicted octanol–water partition coefficient (Wildman–Crippen LogP) is 5.00. The van der Waals surface area contributed by atoms with Crippen LogP contribution < -0.4 is 15.4 Å². The van der Waals surface area contributed by atoms with Crippen LogP contribution >= 0.6 is 23.2 Å². The standard InChI is InChI=1S/C19H20Cl2N2O3/c1-12(2)9-18(24)22-14-4-6-15(7-5-14)23-19(25)11-26-17-10-13(20)3-8-16(17)21/h3-8,10,12H,9,11H2,1-2H3,(H,22,24)(H,23,25). The molecule has 2 aromatic carbocycles. The zero-order valence-corrected chi connectivity index (χ0v) is 16.0. The normalized spacial score (nSPS) is 10.5. The summed E-state index contributed by atoms with van der Waals surface area (Å²) in [6, 6.07) is 11.6. The van der Waals surface area contributed by atoms with E-state index >= 15 is 0 Å². The Morgan fingerprint density at radius 1 is 0.962 bits per heavy atom. The molecule has 0 saturated carbocycles. The van der Waals surface area contributed by atoms with E-state index in [0.29, 0.717) is 39.5 Å². The highest BCUT2D eigenvalue weighted by Gasteiger charge is 2.08. The van der Waals surface area contributed by atoms with E-state index in [-0.39, 0.29) is 18.4 Å². The van der Waals surface area contributed by atoms with Gasteiger partial charge in [0.25, 0.3) is 5.91 Å². The molecule has 0 aromatic heterocycles. The predicted molar refractivity (Wildman–Crippen MR) is 105 cm³/mol. The van der Waals surface area contributed by atoms with Gasteiger partial charge in [0.1, 0.15) is 5.75 Å². The molecule has 2 aromatic rings. The number of benzene rings is 2. The minimum Gasteiger partial charge on any atom is -0.482 e. The van der Waals surface area contributed by atoms with Gasteiger partial charge >= 0.3 is 0 Å². The first-order valence-electron chi connectivity index (χ1n) is 8.11. The van der Waals surface area contributed by atoms with E-state index < -0.39 is 0 Å². The van der Waals surface area contributed by atoms with Crippen LogP contribution in [0.2, 0.25) is 10.0 Å². The van der Waals surface area contributed by atoms with Crippen LogP contribution in [0.1, 0.15) is 20.3 Å². The summed E-state index contributed by atoms with van der Waals surface area (Å²) < 4.78 is 5.38. The van der Waals surface area contributed by atoms with E-state index in [9.17, 15) is 9.59 Å². The molecule has 0 aliphatic carbocycles. The van der Waals surface area contributed by atoms with Crippen LogP contribution in [-0.4, -0.2) is 18.4 Å². The van der Waals surface area contributed by atoms with Gasteiger partial charge in [0.15, 0.2) is 6.61 Å². The highest BCUT2D eigenvalue weighted by molar-refractivity contribution is 6.34. The maximum Gasteiger partial charge on any atom is 0.262 e. The number of halogens is 2. The summed E-state index contributed by atoms with van der Waals surface area (Å²) in [5, 5.41) is 6.37. The summed E-state index contributed by atoms with van der Waals surface area (Å²) in [4.78, 5) is 23.7. The van der Waals surface area contributed by atoms with Gasteiger partial charge in [-0.15, -0.1) is 0 Å². The van der Waals surface area contributed by atoms with Crippen molar-refractivity contribution < 1.29 is 14.3 Å². The number of rotatable bonds is 7. The van der Waals surface area contributed by atoms with E-state index in [4.69, 9.17) is 27.9 Å². The van der Waals surface area contributed by atoms with Crippen molar-refractivity contribution in [2.24, 2.45) is 5.92 Å². The number of ether oxygens (including phenoxy) is 1. The first-order valence-corrected chi connectivity index (χ1v) is 8.86. The average Bonchev–Trinajstić information content (AvgIpc) is 2.56. The molecule has 7 heteroatoms. The van der Waals surface area contributed by atoms with Crippen LogP contribution in [0.3, 0.4) is 0 Å². The number of hydrogen-bond donors (Lipinski definition) is 2. The first kappa shape index (κ1) is 20.1. The van der Waals surface area contributed by atoms with Crippen LogP contribution in [0, 0.1) is 5.92 Å². The SMILES string of the molecule is CC(C)CC(=O)Nc1ccc(NC(=O)COc2cc(Cl)ccc2Cl)cc1. The van der Waals surface area contributed by atoms with Gasteiger partial charge in [-0.25, -0.2) is 0 Å². The Morgan fingerprint density at radius 2 is 1.54 bits per heavy atom. The lowest BCUT2D eigenvalue weighted by Gasteiger charge is -2.10. The van der Waals surface area contributed by atoms with Crippen molar-refractivity contribution in [1.29, 1.82) is 0 Å². The zero-order valence-electron chi connectivity index (χ0n) is 14.5. The van der Waals surface area contributed by atoms with Gasteiger partial charge in [0, 0.05) is 28.9 Å². The number of nitrogens with one attached hydrogen (secondary N) is 2. The Kier molecular flexibility index (Phi) is 7.30. The molecule has 0 heterocycles. The summed E-state index contributed by atoms with van der Waals surface area (Å²) in [5.41, 5.74) is 1.27. The van der Waals surface area contributed by atoms with Crippen molar-refractivity contribution in [3.8, 4) is 5.75 Å². The average molecular weight is 395 g/mol. The quantitative estimate of drug-likeness (QED) is 0.694. The van der Waals surface area contributed by atoms with E-state index in [1.807, 2.05) is 13.8 Å². The Morgan fingerprint density at radius 3 is 2.12 bits per heavy atom. The smallest absolute Gasteiger partial charge is 0.262 e. The van der Waals surface area contributed by atoms with E-state index in [1.165, 1.54) is 0 Å². The molecule has 2 N–H and O–H groups in total. The lowest BCUT2D eigenvalue weighted by molar-refractivity contribution is -0.118. The maximum atomic E-state index is 12.0. The fourth-order valence-corrected chi connectivity index (χ4v) is 2.48. The molecule has 26 heavy (non-hydrogen) atoms. The molecule has 0 unspecified atom stereocenters. The first-order chi connectivity index (χ1) is 12.3. The Balaban J connectivity index is 1.85. The summed E-state index contributed by atoms with van der Waals surface area (Å²) >= 11 is 11.9. The molecule has 0 aliphatic heterocycles. The van der Waals surface area contributed by atoms with Crippen LogP contribution in [0.15, 0.2) is 42.5 Å². The van der Waals surface area contributed by atoms with Crippen molar-refractivity contribution in [3.05, 3.63) is 52.5 Å². The summed E-state index contributed by atoms with van der Waals surface area (Å²) in [6.07, 6.45) is 0.460. The molecule has 138 valence electrons. The second-order valence-corrected chi connectivity index (χ2v) is 6.98. The molecule has 2 rings (SSSR count). The number of carbonyl (C=O) groups excluding carboxylic acids is 2. The molecular formula is C19H20Cl2N2O3. The summed E-state index contributed by atoms with van der Waals surface area (Å²) in [6.45, 7) is 3.76. The van der Waals surface area contributed by atoms with Crippen molar-refractivity contribution in [2.45, 2.75) is 20.3 Å². The molecule has 5 nitrogen and oxygen atoms in total. The molecule has 0 fully saturated rings. The number of amides is 2. The molecule has 0 saturated heterocycles. The van der Waals surface area contributed by atoms with Crippen LogP contribution in [0.25, 0.3) is 0 Å². The van der Waals surface area contributed by atoms with Gasteiger partial charge in [-0.3, -0.25) is 9.59 Å². The maximum absolute atomic E-state index is 12.0. The molecule has 0 bridgehead atoms. The van der Waals surface area contributed by atoms with Crippen molar-refractivity contribution >= 4 is 46.4 Å². The molecule has 2 amide bonds. The minimum atomic E-state index is -0.336. The van der Waals surface area contributed by atoms with Crippen LogP contribution in [-0.2, 0) is 9.59 Å². The van der Waals surface area contributed by atoms with E-state index in [2.05, 4.69) is 10.6 Å². The molecule has 0 atom stereocenters. The van der Waals surface area contributed by atoms with Crippen molar-refractivity contribution in [2.75, 3.05) is 17.2 Å². The van der Waals surface area contributed by atoms with Crippen LogP contribution in [0.4, 0.5) is 11.4 Å². The third-order valence-electron chi connectivity index (χ3n) is 3.30.